The molecule has 0 unspecified atom stereocenters. The highest BCUT2D eigenvalue weighted by molar-refractivity contribution is 5.29. The van der Waals surface area contributed by atoms with Gasteiger partial charge < -0.3 is 4.74 Å². The molecule has 0 amide bonds. The van der Waals surface area contributed by atoms with Gasteiger partial charge in [0.2, 0.25) is 0 Å². The van der Waals surface area contributed by atoms with E-state index in [4.69, 9.17) is 0 Å². The van der Waals surface area contributed by atoms with Crippen LogP contribution in [0.15, 0.2) is 30.4 Å². The highest BCUT2D eigenvalue weighted by atomic mass is 19.3. The van der Waals surface area contributed by atoms with E-state index in [1.165, 1.54) is 63.5 Å². The van der Waals surface area contributed by atoms with Crippen LogP contribution < -0.4 is 4.74 Å². The molecule has 3 rings (SSSR count). The Morgan fingerprint density at radius 3 is 2.26 bits per heavy atom. The summed E-state index contributed by atoms with van der Waals surface area (Å²) in [5.74, 6) is 1.96. The number of rotatable bonds is 10. The molecule has 1 aromatic rings. The molecule has 0 bridgehead atoms. The number of aryl methyl sites for hydroxylation is 1. The molecule has 0 atom stereocenters. The zero-order valence-electron chi connectivity index (χ0n) is 18.4. The van der Waals surface area contributed by atoms with E-state index >= 15 is 0 Å². The molecular formula is C26H36F4O. The molecule has 1 aromatic carbocycles. The molecule has 0 heterocycles. The van der Waals surface area contributed by atoms with Crippen LogP contribution in [0.3, 0.4) is 0 Å². The van der Waals surface area contributed by atoms with E-state index in [1.807, 2.05) is 0 Å². The van der Waals surface area contributed by atoms with E-state index in [0.717, 1.165) is 36.7 Å². The fourth-order valence-corrected chi connectivity index (χ4v) is 5.50. The maximum absolute atomic E-state index is 13.9. The first kappa shape index (κ1) is 24.1. The van der Waals surface area contributed by atoms with Crippen molar-refractivity contribution in [2.24, 2.45) is 23.7 Å². The van der Waals surface area contributed by atoms with Crippen LogP contribution in [-0.2, 0) is 6.42 Å². The lowest BCUT2D eigenvalue weighted by Gasteiger charge is -2.37. The minimum Gasteiger partial charge on any atom is -0.432 e. The van der Waals surface area contributed by atoms with Crippen molar-refractivity contribution in [3.63, 3.8) is 0 Å². The van der Waals surface area contributed by atoms with Crippen LogP contribution in [0.5, 0.6) is 5.75 Å². The van der Waals surface area contributed by atoms with Crippen LogP contribution in [0.4, 0.5) is 17.6 Å². The number of unbranched alkanes of at least 4 members (excludes halogenated alkanes) is 1. The summed E-state index contributed by atoms with van der Waals surface area (Å²) in [6.45, 7) is -3.23. The fraction of sp³-hybridized carbons (Fsp3) is 0.692. The van der Waals surface area contributed by atoms with Crippen molar-refractivity contribution in [2.75, 3.05) is 6.67 Å². The third kappa shape index (κ3) is 7.84. The van der Waals surface area contributed by atoms with E-state index in [9.17, 15) is 17.6 Å². The SMILES string of the molecule is FCCC/C=C/[C@H]1CC[C@H](C2CCC(CCc3ccc(OC(F)F)c(F)c3)CC2)CC1. The van der Waals surface area contributed by atoms with Gasteiger partial charge in [-0.2, -0.15) is 8.78 Å². The van der Waals surface area contributed by atoms with Gasteiger partial charge in [0.05, 0.1) is 6.67 Å². The first-order valence-corrected chi connectivity index (χ1v) is 12.0. The number of allylic oxidation sites excluding steroid dienone is 2. The molecule has 2 fully saturated rings. The van der Waals surface area contributed by atoms with E-state index in [1.54, 1.807) is 6.07 Å². The number of hydrogen-bond acceptors (Lipinski definition) is 1. The van der Waals surface area contributed by atoms with E-state index in [2.05, 4.69) is 16.9 Å². The van der Waals surface area contributed by atoms with Crippen LogP contribution in [0.25, 0.3) is 0 Å². The predicted octanol–water partition coefficient (Wildman–Crippen LogP) is 8.28. The Kier molecular flexibility index (Phi) is 9.73. The van der Waals surface area contributed by atoms with Gasteiger partial charge in [-0.05, 0) is 106 Å². The molecule has 174 valence electrons. The number of ether oxygens (including phenoxy) is 1. The molecule has 2 aliphatic carbocycles. The van der Waals surface area contributed by atoms with Crippen LogP contribution >= 0.6 is 0 Å². The molecule has 0 aromatic heterocycles. The van der Waals surface area contributed by atoms with Gasteiger partial charge in [0.1, 0.15) is 0 Å². The van der Waals surface area contributed by atoms with Crippen LogP contribution in [0, 0.1) is 29.5 Å². The molecule has 2 aliphatic rings. The first-order valence-electron chi connectivity index (χ1n) is 12.0. The summed E-state index contributed by atoms with van der Waals surface area (Å²) in [5, 5.41) is 0. The van der Waals surface area contributed by atoms with Crippen molar-refractivity contribution in [1.29, 1.82) is 0 Å². The molecule has 0 saturated heterocycles. The zero-order valence-corrected chi connectivity index (χ0v) is 18.4. The Morgan fingerprint density at radius 1 is 0.968 bits per heavy atom. The summed E-state index contributed by atoms with van der Waals surface area (Å²) in [6, 6.07) is 4.32. The van der Waals surface area contributed by atoms with E-state index in [-0.39, 0.29) is 12.4 Å². The average Bonchev–Trinajstić information content (AvgIpc) is 2.77. The van der Waals surface area contributed by atoms with Crippen molar-refractivity contribution < 1.29 is 22.3 Å². The van der Waals surface area contributed by atoms with Crippen molar-refractivity contribution in [2.45, 2.75) is 83.7 Å². The molecule has 0 spiro atoms. The molecule has 0 N–H and O–H groups in total. The van der Waals surface area contributed by atoms with Crippen molar-refractivity contribution in [3.05, 3.63) is 41.7 Å². The third-order valence-corrected chi connectivity index (χ3v) is 7.34. The minimum atomic E-state index is -3.01. The number of hydrogen-bond donors (Lipinski definition) is 0. The molecular weight excluding hydrogens is 404 g/mol. The lowest BCUT2D eigenvalue weighted by atomic mass is 9.68. The predicted molar refractivity (Wildman–Crippen MR) is 117 cm³/mol. The molecule has 0 aliphatic heterocycles. The van der Waals surface area contributed by atoms with Gasteiger partial charge in [-0.25, -0.2) is 4.39 Å². The molecule has 5 heteroatoms. The van der Waals surface area contributed by atoms with Gasteiger partial charge in [-0.15, -0.1) is 0 Å². The van der Waals surface area contributed by atoms with Gasteiger partial charge >= 0.3 is 6.61 Å². The first-order chi connectivity index (χ1) is 15.0. The van der Waals surface area contributed by atoms with Gasteiger partial charge in [0.15, 0.2) is 11.6 Å². The zero-order chi connectivity index (χ0) is 22.1. The summed E-state index contributed by atoms with van der Waals surface area (Å²) in [4.78, 5) is 0. The summed E-state index contributed by atoms with van der Waals surface area (Å²) in [7, 11) is 0. The smallest absolute Gasteiger partial charge is 0.387 e. The maximum atomic E-state index is 13.9. The summed E-state index contributed by atoms with van der Waals surface area (Å²) in [6.07, 6.45) is 18.0. The van der Waals surface area contributed by atoms with Crippen LogP contribution in [0.1, 0.15) is 76.2 Å². The second kappa shape index (κ2) is 12.5. The topological polar surface area (TPSA) is 9.23 Å². The Bertz CT molecular complexity index is 674. The van der Waals surface area contributed by atoms with Gasteiger partial charge in [-0.3, -0.25) is 4.39 Å². The average molecular weight is 441 g/mol. The maximum Gasteiger partial charge on any atom is 0.387 e. The Hall–Kier alpha value is -1.52. The lowest BCUT2D eigenvalue weighted by molar-refractivity contribution is -0.0522. The van der Waals surface area contributed by atoms with E-state index < -0.39 is 12.4 Å². The highest BCUT2D eigenvalue weighted by Gasteiger charge is 2.30. The van der Waals surface area contributed by atoms with Crippen molar-refractivity contribution in [1.82, 2.24) is 0 Å². The number of benzene rings is 1. The molecule has 2 saturated carbocycles. The Labute approximate surface area is 184 Å². The quantitative estimate of drug-likeness (QED) is 0.202. The summed E-state index contributed by atoms with van der Waals surface area (Å²) < 4.78 is 54.7. The monoisotopic (exact) mass is 440 g/mol. The second-order valence-electron chi connectivity index (χ2n) is 9.40. The third-order valence-electron chi connectivity index (χ3n) is 7.34. The molecule has 0 radical (unpaired) electrons. The van der Waals surface area contributed by atoms with Gasteiger partial charge in [-0.1, -0.05) is 31.1 Å². The largest absolute Gasteiger partial charge is 0.432 e. The molecule has 31 heavy (non-hydrogen) atoms. The van der Waals surface area contributed by atoms with Crippen LogP contribution in [-0.4, -0.2) is 13.3 Å². The standard InChI is InChI=1S/C26H36F4O/c27-17-3-1-2-4-19-7-12-22(13-8-19)23-14-9-20(10-15-23)5-6-21-11-16-25(24(28)18-21)31-26(29)30/h2,4,11,16,18-20,22-23,26H,1,3,5-10,12-15,17H2/b4-2+/t19-,20?,22-,23?. The Balaban J connectivity index is 1.35. The summed E-state index contributed by atoms with van der Waals surface area (Å²) in [5.41, 5.74) is 0.846. The second-order valence-corrected chi connectivity index (χ2v) is 9.40. The highest BCUT2D eigenvalue weighted by Crippen LogP contribution is 2.42. The number of alkyl halides is 3. The lowest BCUT2D eigenvalue weighted by Crippen LogP contribution is -2.25. The van der Waals surface area contributed by atoms with E-state index in [0.29, 0.717) is 18.3 Å². The fourth-order valence-electron chi connectivity index (χ4n) is 5.50. The van der Waals surface area contributed by atoms with Crippen molar-refractivity contribution >= 4 is 0 Å². The van der Waals surface area contributed by atoms with Crippen molar-refractivity contribution in [3.8, 4) is 5.75 Å². The van der Waals surface area contributed by atoms with Crippen LogP contribution in [0.2, 0.25) is 0 Å². The van der Waals surface area contributed by atoms with Gasteiger partial charge in [0, 0.05) is 0 Å². The Morgan fingerprint density at radius 2 is 1.65 bits per heavy atom. The normalized spacial score (nSPS) is 27.1. The molecule has 1 nitrogen and oxygen atoms in total. The number of halogens is 4. The minimum absolute atomic E-state index is 0.223. The van der Waals surface area contributed by atoms with Gasteiger partial charge in [0.25, 0.3) is 0 Å². The summed E-state index contributed by atoms with van der Waals surface area (Å²) >= 11 is 0.